The second-order valence-corrected chi connectivity index (χ2v) is 3.91. The second kappa shape index (κ2) is 5.34. The Morgan fingerprint density at radius 3 is 1.93 bits per heavy atom. The Morgan fingerprint density at radius 2 is 1.71 bits per heavy atom. The number of nitrogens with two attached hydrogens (primary N) is 1. The van der Waals surface area contributed by atoms with E-state index in [1.54, 1.807) is 0 Å². The van der Waals surface area contributed by atoms with Crippen molar-refractivity contribution < 1.29 is 9.90 Å². The fourth-order valence-electron chi connectivity index (χ4n) is 0.494. The van der Waals surface area contributed by atoms with Crippen molar-refractivity contribution in [2.24, 2.45) is 5.73 Å². The highest BCUT2D eigenvalue weighted by atomic mass is 16.4. The summed E-state index contributed by atoms with van der Waals surface area (Å²) in [7, 11) is 0. The van der Waals surface area contributed by atoms with Crippen LogP contribution in [-0.2, 0) is 0 Å². The minimum absolute atomic E-state index is 0. The summed E-state index contributed by atoms with van der Waals surface area (Å²) in [5.74, 6) is -0.919. The highest BCUT2D eigenvalue weighted by molar-refractivity contribution is 5.87. The molecule has 0 amide bonds. The van der Waals surface area contributed by atoms with Gasteiger partial charge in [-0.3, -0.25) is 4.98 Å². The number of nitrogens with zero attached hydrogens (tertiary/aromatic N) is 1. The topological polar surface area (TPSA) is 76.2 Å². The van der Waals surface area contributed by atoms with Crippen LogP contribution in [0.4, 0.5) is 0 Å². The molecule has 0 atom stereocenters. The Bertz CT molecular complexity index is 272. The van der Waals surface area contributed by atoms with Crippen LogP contribution in [0.25, 0.3) is 0 Å². The lowest BCUT2D eigenvalue weighted by molar-refractivity contribution is 0.0696. The zero-order chi connectivity index (χ0) is 11.2. The van der Waals surface area contributed by atoms with E-state index in [1.807, 2.05) is 20.8 Å². The maximum absolute atomic E-state index is 10.2. The Labute approximate surface area is 83.8 Å². The van der Waals surface area contributed by atoms with Crippen molar-refractivity contribution in [3.63, 3.8) is 0 Å². The van der Waals surface area contributed by atoms with Gasteiger partial charge >= 0.3 is 5.97 Å². The van der Waals surface area contributed by atoms with Gasteiger partial charge in [-0.1, -0.05) is 0 Å². The largest absolute Gasteiger partial charge is 0.478 e. The molecule has 3 N–H and O–H groups in total. The lowest BCUT2D eigenvalue weighted by Gasteiger charge is -2.06. The minimum Gasteiger partial charge on any atom is -0.478 e. The van der Waals surface area contributed by atoms with Crippen molar-refractivity contribution in [3.05, 3.63) is 30.1 Å². The number of carbonyl (C=O) groups is 1. The van der Waals surface area contributed by atoms with Crippen molar-refractivity contribution in [2.45, 2.75) is 26.3 Å². The number of hydrogen-bond donors (Lipinski definition) is 2. The van der Waals surface area contributed by atoms with Crippen molar-refractivity contribution in [1.29, 1.82) is 0 Å². The van der Waals surface area contributed by atoms with Crippen LogP contribution in [0, 0.1) is 0 Å². The van der Waals surface area contributed by atoms with E-state index >= 15 is 0 Å². The summed E-state index contributed by atoms with van der Waals surface area (Å²) in [6.45, 7) is 5.90. The molecule has 1 rings (SSSR count). The second-order valence-electron chi connectivity index (χ2n) is 3.91. The van der Waals surface area contributed by atoms with Gasteiger partial charge in [0.15, 0.2) is 0 Å². The maximum atomic E-state index is 10.2. The molecular formula is C10H16N2O2. The van der Waals surface area contributed by atoms with Crippen LogP contribution in [0.2, 0.25) is 0 Å². The van der Waals surface area contributed by atoms with Gasteiger partial charge in [-0.05, 0) is 32.9 Å². The van der Waals surface area contributed by atoms with Crippen LogP contribution in [0.15, 0.2) is 24.5 Å². The first-order chi connectivity index (χ1) is 6.30. The Kier molecular flexibility index (Phi) is 4.80. The van der Waals surface area contributed by atoms with Gasteiger partial charge in [0, 0.05) is 17.9 Å². The summed E-state index contributed by atoms with van der Waals surface area (Å²) < 4.78 is 0. The molecule has 1 aromatic rings. The highest BCUT2D eigenvalue weighted by Gasteiger charge is 1.97. The maximum Gasteiger partial charge on any atom is 0.335 e. The number of rotatable bonds is 1. The monoisotopic (exact) mass is 196 g/mol. The average Bonchev–Trinajstić information content (AvgIpc) is 2.03. The molecule has 78 valence electrons. The van der Waals surface area contributed by atoms with Gasteiger partial charge in [0.25, 0.3) is 0 Å². The molecule has 14 heavy (non-hydrogen) atoms. The third-order valence-corrected chi connectivity index (χ3v) is 0.927. The number of hydrogen-bond acceptors (Lipinski definition) is 3. The van der Waals surface area contributed by atoms with Gasteiger partial charge in [-0.2, -0.15) is 0 Å². The van der Waals surface area contributed by atoms with Gasteiger partial charge in [-0.25, -0.2) is 4.79 Å². The molecular weight excluding hydrogens is 180 g/mol. The van der Waals surface area contributed by atoms with E-state index in [4.69, 9.17) is 10.8 Å². The third kappa shape index (κ3) is 8.67. The highest BCUT2D eigenvalue weighted by Crippen LogP contribution is 1.93. The van der Waals surface area contributed by atoms with Crippen LogP contribution < -0.4 is 5.73 Å². The van der Waals surface area contributed by atoms with Gasteiger partial charge < -0.3 is 10.8 Å². The summed E-state index contributed by atoms with van der Waals surface area (Å²) >= 11 is 0. The lowest BCUT2D eigenvalue weighted by atomic mass is 10.1. The molecule has 1 heterocycles. The Balaban J connectivity index is 0.000000292. The predicted molar refractivity (Wildman–Crippen MR) is 55.1 cm³/mol. The van der Waals surface area contributed by atoms with Crippen LogP contribution in [0.5, 0.6) is 0 Å². The summed E-state index contributed by atoms with van der Waals surface area (Å²) in [6.07, 6.45) is 2.90. The first kappa shape index (κ1) is 12.6. The van der Waals surface area contributed by atoms with E-state index in [9.17, 15) is 4.79 Å². The molecule has 0 radical (unpaired) electrons. The molecule has 0 saturated carbocycles. The smallest absolute Gasteiger partial charge is 0.335 e. The molecule has 0 aliphatic rings. The average molecular weight is 196 g/mol. The molecule has 4 nitrogen and oxygen atoms in total. The zero-order valence-electron chi connectivity index (χ0n) is 8.69. The first-order valence-corrected chi connectivity index (χ1v) is 4.23. The van der Waals surface area contributed by atoms with Crippen LogP contribution >= 0.6 is 0 Å². The van der Waals surface area contributed by atoms with Crippen LogP contribution in [-0.4, -0.2) is 21.6 Å². The van der Waals surface area contributed by atoms with Crippen molar-refractivity contribution in [2.75, 3.05) is 0 Å². The fraction of sp³-hybridized carbons (Fsp3) is 0.400. The standard InChI is InChI=1S/C6H5NO2.C4H11N/c8-6(9)5-1-3-7-4-2-5;1-4(2,3)5/h1-4H,(H,8,9);5H2,1-3H3. The lowest BCUT2D eigenvalue weighted by Crippen LogP contribution is -2.26. The molecule has 0 aliphatic carbocycles. The molecule has 0 aromatic carbocycles. The molecule has 0 spiro atoms. The molecule has 0 saturated heterocycles. The molecule has 1 aromatic heterocycles. The van der Waals surface area contributed by atoms with E-state index < -0.39 is 5.97 Å². The van der Waals surface area contributed by atoms with E-state index in [2.05, 4.69) is 4.98 Å². The number of aromatic carboxylic acids is 1. The van der Waals surface area contributed by atoms with Gasteiger partial charge in [0.2, 0.25) is 0 Å². The fourth-order valence-corrected chi connectivity index (χ4v) is 0.494. The van der Waals surface area contributed by atoms with E-state index in [0.717, 1.165) is 0 Å². The number of pyridine rings is 1. The van der Waals surface area contributed by atoms with E-state index in [-0.39, 0.29) is 11.1 Å². The number of carboxylic acids is 1. The van der Waals surface area contributed by atoms with Gasteiger partial charge in [0.05, 0.1) is 5.56 Å². The van der Waals surface area contributed by atoms with Crippen LogP contribution in [0.1, 0.15) is 31.1 Å². The number of aromatic nitrogens is 1. The minimum atomic E-state index is -0.919. The van der Waals surface area contributed by atoms with Crippen molar-refractivity contribution in [1.82, 2.24) is 4.98 Å². The van der Waals surface area contributed by atoms with Crippen molar-refractivity contribution >= 4 is 5.97 Å². The molecule has 0 unspecified atom stereocenters. The SMILES string of the molecule is CC(C)(C)N.O=C(O)c1ccncc1. The van der Waals surface area contributed by atoms with E-state index in [1.165, 1.54) is 24.5 Å². The molecule has 4 heteroatoms. The van der Waals surface area contributed by atoms with E-state index in [0.29, 0.717) is 0 Å². The third-order valence-electron chi connectivity index (χ3n) is 0.927. The first-order valence-electron chi connectivity index (χ1n) is 4.23. The van der Waals surface area contributed by atoms with Crippen molar-refractivity contribution in [3.8, 4) is 0 Å². The van der Waals surface area contributed by atoms with Gasteiger partial charge in [-0.15, -0.1) is 0 Å². The molecule has 0 bridgehead atoms. The number of carboxylic acid groups (broad SMARTS) is 1. The molecule has 0 fully saturated rings. The quantitative estimate of drug-likeness (QED) is 0.714. The summed E-state index contributed by atoms with van der Waals surface area (Å²) in [5, 5.41) is 8.36. The summed E-state index contributed by atoms with van der Waals surface area (Å²) in [5.41, 5.74) is 5.62. The van der Waals surface area contributed by atoms with Gasteiger partial charge in [0.1, 0.15) is 0 Å². The molecule has 0 aliphatic heterocycles. The predicted octanol–water partition coefficient (Wildman–Crippen LogP) is 1.52. The summed E-state index contributed by atoms with van der Waals surface area (Å²) in [6, 6.07) is 2.89. The zero-order valence-corrected chi connectivity index (χ0v) is 8.69. The normalized spacial score (nSPS) is 10.0. The summed E-state index contributed by atoms with van der Waals surface area (Å²) in [4.78, 5) is 13.8. The Morgan fingerprint density at radius 1 is 1.36 bits per heavy atom. The Hall–Kier alpha value is -1.42. The van der Waals surface area contributed by atoms with Crippen LogP contribution in [0.3, 0.4) is 0 Å².